The van der Waals surface area contributed by atoms with Crippen molar-refractivity contribution in [2.75, 3.05) is 13.1 Å². The minimum atomic E-state index is -1.05. The van der Waals surface area contributed by atoms with Crippen molar-refractivity contribution < 1.29 is 19.8 Å². The van der Waals surface area contributed by atoms with Crippen molar-refractivity contribution in [3.8, 4) is 0 Å². The first kappa shape index (κ1) is 17.1. The fourth-order valence-electron chi connectivity index (χ4n) is 3.12. The number of hydrogen-bond acceptors (Lipinski definition) is 6. The molecule has 0 aromatic carbocycles. The number of hydrogen-bond donors (Lipinski definition) is 2. The molecule has 3 aliphatic rings. The maximum atomic E-state index is 12.1. The van der Waals surface area contributed by atoms with Crippen molar-refractivity contribution in [3.63, 3.8) is 0 Å². The van der Waals surface area contributed by atoms with Crippen LogP contribution in [-0.2, 0) is 9.59 Å². The number of carboxylic acid groups (broad SMARTS) is 1. The maximum absolute atomic E-state index is 12.1. The normalized spacial score (nSPS) is 32.9. The molecule has 0 aromatic heterocycles. The zero-order valence-corrected chi connectivity index (χ0v) is 15.0. The highest BCUT2D eigenvalue weighted by atomic mass is 32.2. The quantitative estimate of drug-likeness (QED) is 0.565. The average Bonchev–Trinajstić information content (AvgIpc) is 3.10. The second-order valence-electron chi connectivity index (χ2n) is 5.86. The van der Waals surface area contributed by atoms with Crippen LogP contribution in [0.15, 0.2) is 10.3 Å². The molecule has 3 rings (SSSR count). The number of fused-ring (bicyclic) bond motifs is 1. The lowest BCUT2D eigenvalue weighted by Gasteiger charge is -2.44. The first-order valence-electron chi connectivity index (χ1n) is 7.47. The van der Waals surface area contributed by atoms with Crippen LogP contribution in [0, 0.1) is 5.92 Å². The van der Waals surface area contributed by atoms with Crippen LogP contribution in [0.2, 0.25) is 0 Å². The number of likely N-dealkylation sites (tertiary alicyclic amines) is 1. The van der Waals surface area contributed by atoms with Gasteiger partial charge in [0.25, 0.3) is 0 Å². The molecular formula is C14H18N2O4S3. The Bertz CT molecular complexity index is 574. The summed E-state index contributed by atoms with van der Waals surface area (Å²) in [6.45, 7) is 3.46. The number of rotatable bonds is 3. The molecule has 126 valence electrons. The van der Waals surface area contributed by atoms with Crippen LogP contribution in [-0.4, -0.2) is 66.8 Å². The van der Waals surface area contributed by atoms with Crippen LogP contribution in [0.5, 0.6) is 0 Å². The molecule has 0 radical (unpaired) electrons. The van der Waals surface area contributed by atoms with E-state index in [2.05, 4.69) is 4.90 Å². The van der Waals surface area contributed by atoms with Gasteiger partial charge in [-0.15, -0.1) is 11.8 Å². The van der Waals surface area contributed by atoms with E-state index in [1.165, 1.54) is 28.4 Å². The molecule has 1 unspecified atom stereocenters. The Morgan fingerprint density at radius 2 is 2.13 bits per heavy atom. The first-order valence-corrected chi connectivity index (χ1v) is 9.64. The van der Waals surface area contributed by atoms with E-state index < -0.39 is 24.0 Å². The van der Waals surface area contributed by atoms with Crippen molar-refractivity contribution in [3.05, 3.63) is 10.3 Å². The lowest BCUT2D eigenvalue weighted by molar-refractivity contribution is -0.165. The molecule has 0 aliphatic carbocycles. The van der Waals surface area contributed by atoms with E-state index in [-0.39, 0.29) is 11.3 Å². The Balaban J connectivity index is 1.73. The van der Waals surface area contributed by atoms with E-state index in [1.54, 1.807) is 12.3 Å². The summed E-state index contributed by atoms with van der Waals surface area (Å²) < 4.78 is 0.743. The molecule has 3 saturated heterocycles. The van der Waals surface area contributed by atoms with Gasteiger partial charge in [0.2, 0.25) is 5.91 Å². The molecule has 0 aromatic rings. The molecule has 0 bridgehead atoms. The number of carbonyl (C=O) groups is 2. The smallest absolute Gasteiger partial charge is 0.331 e. The largest absolute Gasteiger partial charge is 0.479 e. The predicted octanol–water partition coefficient (Wildman–Crippen LogP) is 1.31. The minimum Gasteiger partial charge on any atom is -0.479 e. The Morgan fingerprint density at radius 1 is 1.48 bits per heavy atom. The molecule has 1 amide bonds. The van der Waals surface area contributed by atoms with Gasteiger partial charge in [-0.1, -0.05) is 24.0 Å². The molecule has 2 N–H and O–H groups in total. The zero-order chi connectivity index (χ0) is 16.7. The number of carbonyl (C=O) groups excluding carboxylic acids is 1. The van der Waals surface area contributed by atoms with Crippen LogP contribution in [0.4, 0.5) is 0 Å². The lowest BCUT2D eigenvalue weighted by Crippen LogP contribution is -2.63. The van der Waals surface area contributed by atoms with Crippen LogP contribution in [0.1, 0.15) is 19.8 Å². The summed E-state index contributed by atoms with van der Waals surface area (Å²) in [6, 6.07) is -0.957. The average molecular weight is 375 g/mol. The van der Waals surface area contributed by atoms with Crippen molar-refractivity contribution in [2.45, 2.75) is 37.3 Å². The predicted molar refractivity (Wildman–Crippen MR) is 93.9 cm³/mol. The number of aliphatic hydroxyl groups is 1. The fraction of sp³-hybridized carbons (Fsp3) is 0.643. The molecule has 4 atom stereocenters. The Kier molecular flexibility index (Phi) is 4.91. The Labute approximate surface area is 148 Å². The minimum absolute atomic E-state index is 0.291. The molecule has 3 aliphatic heterocycles. The van der Waals surface area contributed by atoms with E-state index in [4.69, 9.17) is 12.2 Å². The number of β-lactam (4-membered cyclic amide) rings is 1. The van der Waals surface area contributed by atoms with E-state index in [0.717, 1.165) is 30.3 Å². The van der Waals surface area contributed by atoms with Gasteiger partial charge in [0.1, 0.15) is 4.32 Å². The number of nitrogens with zero attached hydrogens (tertiary/aromatic N) is 2. The monoisotopic (exact) mass is 374 g/mol. The van der Waals surface area contributed by atoms with Gasteiger partial charge in [-0.3, -0.25) is 4.79 Å². The highest BCUT2D eigenvalue weighted by molar-refractivity contribution is 8.25. The molecule has 0 saturated carbocycles. The first-order chi connectivity index (χ1) is 10.9. The van der Waals surface area contributed by atoms with Gasteiger partial charge in [0.05, 0.1) is 17.4 Å². The summed E-state index contributed by atoms with van der Waals surface area (Å²) in [5, 5.41) is 20.6. The van der Waals surface area contributed by atoms with Gasteiger partial charge < -0.3 is 20.0 Å². The van der Waals surface area contributed by atoms with E-state index in [0.29, 0.717) is 4.91 Å². The molecule has 3 fully saturated rings. The highest BCUT2D eigenvalue weighted by Gasteiger charge is 2.60. The zero-order valence-electron chi connectivity index (χ0n) is 12.5. The summed E-state index contributed by atoms with van der Waals surface area (Å²) in [7, 11) is 0. The third kappa shape index (κ3) is 2.99. The molecular weight excluding hydrogens is 356 g/mol. The van der Waals surface area contributed by atoms with Crippen molar-refractivity contribution in [1.29, 1.82) is 0 Å². The summed E-state index contributed by atoms with van der Waals surface area (Å²) >= 11 is 8.08. The standard InChI is InChI=1S/C14H18N2O4S3/c1-7(17)9-11(18)16-10(13(19)20)8(23-12(9)16)6-22-14(21)15-4-2-3-5-15/h6-7,9-10,12,17H,2-5H2,1H3,(H,19,20)/t7-,9+,10?,12-/m1/s1. The van der Waals surface area contributed by atoms with Crippen LogP contribution >= 0.6 is 35.7 Å². The second kappa shape index (κ2) is 6.62. The highest BCUT2D eigenvalue weighted by Crippen LogP contribution is 2.51. The number of aliphatic hydroxyl groups excluding tert-OH is 1. The molecule has 9 heteroatoms. The van der Waals surface area contributed by atoms with Crippen LogP contribution < -0.4 is 0 Å². The van der Waals surface area contributed by atoms with Gasteiger partial charge >= 0.3 is 5.97 Å². The summed E-state index contributed by atoms with van der Waals surface area (Å²) in [5.74, 6) is -1.86. The van der Waals surface area contributed by atoms with E-state index in [1.807, 2.05) is 0 Å². The van der Waals surface area contributed by atoms with E-state index >= 15 is 0 Å². The fourth-order valence-corrected chi connectivity index (χ4v) is 5.94. The van der Waals surface area contributed by atoms with Gasteiger partial charge in [-0.05, 0) is 25.2 Å². The third-order valence-electron chi connectivity index (χ3n) is 4.32. The Morgan fingerprint density at radius 3 is 2.70 bits per heavy atom. The van der Waals surface area contributed by atoms with Crippen molar-refractivity contribution >= 4 is 51.9 Å². The lowest BCUT2D eigenvalue weighted by atomic mass is 9.91. The number of amides is 1. The summed E-state index contributed by atoms with van der Waals surface area (Å²) in [6.07, 6.45) is 1.48. The Hall–Kier alpha value is -0.770. The summed E-state index contributed by atoms with van der Waals surface area (Å²) in [5.41, 5.74) is 0. The van der Waals surface area contributed by atoms with Gasteiger partial charge in [-0.2, -0.15) is 0 Å². The molecule has 3 heterocycles. The molecule has 23 heavy (non-hydrogen) atoms. The van der Waals surface area contributed by atoms with Gasteiger partial charge in [0, 0.05) is 18.0 Å². The van der Waals surface area contributed by atoms with Crippen LogP contribution in [0.25, 0.3) is 0 Å². The van der Waals surface area contributed by atoms with Gasteiger partial charge in [-0.25, -0.2) is 4.79 Å². The van der Waals surface area contributed by atoms with E-state index in [9.17, 15) is 19.8 Å². The third-order valence-corrected chi connectivity index (χ3v) is 7.22. The van der Waals surface area contributed by atoms with Gasteiger partial charge in [0.15, 0.2) is 6.04 Å². The van der Waals surface area contributed by atoms with Crippen molar-refractivity contribution in [1.82, 2.24) is 9.80 Å². The SMILES string of the molecule is C[C@@H](O)[C@H]1C(=O)N2C(C(=O)O)C(=CSC(=S)N3CCCC3)S[C@H]12. The number of thioether (sulfide) groups is 2. The number of thiocarbonyl (C=S) groups is 1. The van der Waals surface area contributed by atoms with Crippen molar-refractivity contribution in [2.24, 2.45) is 5.92 Å². The summed E-state index contributed by atoms with van der Waals surface area (Å²) in [4.78, 5) is 27.8. The molecule has 6 nitrogen and oxygen atoms in total. The number of aliphatic carboxylic acids is 1. The topological polar surface area (TPSA) is 81.1 Å². The number of carboxylic acids is 1. The van der Waals surface area contributed by atoms with Crippen LogP contribution in [0.3, 0.4) is 0 Å². The molecule has 0 spiro atoms. The maximum Gasteiger partial charge on any atom is 0.331 e. The second-order valence-corrected chi connectivity index (χ2v) is 8.55.